The van der Waals surface area contributed by atoms with Crippen LogP contribution in [0.4, 0.5) is 0 Å². The Labute approximate surface area is 133 Å². The smallest absolute Gasteiger partial charge is 0.306 e. The molecule has 1 aliphatic rings. The van der Waals surface area contributed by atoms with Crippen LogP contribution in [0.25, 0.3) is 0 Å². The largest absolute Gasteiger partial charge is 0.466 e. The third kappa shape index (κ3) is 9.14. The first kappa shape index (κ1) is 18.5. The van der Waals surface area contributed by atoms with E-state index in [-0.39, 0.29) is 11.8 Å². The zero-order valence-corrected chi connectivity index (χ0v) is 14.3. The topological polar surface area (TPSA) is 46.6 Å². The van der Waals surface area contributed by atoms with Gasteiger partial charge in [-0.1, -0.05) is 6.42 Å². The second-order valence-electron chi connectivity index (χ2n) is 5.65. The summed E-state index contributed by atoms with van der Waals surface area (Å²) in [5.41, 5.74) is 0. The fourth-order valence-corrected chi connectivity index (χ4v) is 3.78. The number of thioether (sulfide) groups is 1. The van der Waals surface area contributed by atoms with Crippen molar-refractivity contribution < 1.29 is 14.3 Å². The van der Waals surface area contributed by atoms with Gasteiger partial charge in [0, 0.05) is 24.0 Å². The number of hydrogen-bond donors (Lipinski definition) is 0. The SMILES string of the molecule is CCOC(=O)CCSC(CCC(C)=O)CN1CCCCC1. The summed E-state index contributed by atoms with van der Waals surface area (Å²) in [6.07, 6.45) is 5.93. The van der Waals surface area contributed by atoms with Crippen LogP contribution in [0.3, 0.4) is 0 Å². The second kappa shape index (κ2) is 11.1. The first-order valence-electron chi connectivity index (χ1n) is 8.10. The molecule has 1 rings (SSSR count). The van der Waals surface area contributed by atoms with Gasteiger partial charge in [-0.2, -0.15) is 11.8 Å². The van der Waals surface area contributed by atoms with Gasteiger partial charge in [0.15, 0.2) is 0 Å². The van der Waals surface area contributed by atoms with Gasteiger partial charge in [0.1, 0.15) is 5.78 Å². The Morgan fingerprint density at radius 1 is 1.19 bits per heavy atom. The van der Waals surface area contributed by atoms with Crippen molar-refractivity contribution in [2.75, 3.05) is 32.0 Å². The lowest BCUT2D eigenvalue weighted by molar-refractivity contribution is -0.142. The Morgan fingerprint density at radius 3 is 2.52 bits per heavy atom. The number of rotatable bonds is 10. The van der Waals surface area contributed by atoms with E-state index < -0.39 is 0 Å². The van der Waals surface area contributed by atoms with Crippen molar-refractivity contribution in [2.45, 2.75) is 57.6 Å². The minimum absolute atomic E-state index is 0.117. The van der Waals surface area contributed by atoms with E-state index in [2.05, 4.69) is 4.90 Å². The van der Waals surface area contributed by atoms with Gasteiger partial charge in [-0.15, -0.1) is 0 Å². The van der Waals surface area contributed by atoms with Crippen molar-refractivity contribution in [1.29, 1.82) is 0 Å². The molecular formula is C16H29NO3S. The van der Waals surface area contributed by atoms with Crippen molar-refractivity contribution >= 4 is 23.5 Å². The van der Waals surface area contributed by atoms with Gasteiger partial charge in [0.05, 0.1) is 13.0 Å². The Morgan fingerprint density at radius 2 is 1.90 bits per heavy atom. The van der Waals surface area contributed by atoms with Gasteiger partial charge < -0.3 is 14.4 Å². The zero-order chi connectivity index (χ0) is 15.5. The number of carbonyl (C=O) groups is 2. The molecule has 1 fully saturated rings. The molecule has 0 aromatic carbocycles. The molecule has 0 aliphatic carbocycles. The molecule has 1 aliphatic heterocycles. The van der Waals surface area contributed by atoms with Crippen molar-refractivity contribution in [3.05, 3.63) is 0 Å². The van der Waals surface area contributed by atoms with Crippen molar-refractivity contribution in [2.24, 2.45) is 0 Å². The quantitative estimate of drug-likeness (QED) is 0.580. The van der Waals surface area contributed by atoms with E-state index >= 15 is 0 Å². The number of ketones is 1. The average Bonchev–Trinajstić information content (AvgIpc) is 2.46. The van der Waals surface area contributed by atoms with Crippen LogP contribution in [0.5, 0.6) is 0 Å². The summed E-state index contributed by atoms with van der Waals surface area (Å²) >= 11 is 1.82. The molecule has 1 saturated heterocycles. The van der Waals surface area contributed by atoms with Crippen molar-refractivity contribution in [3.8, 4) is 0 Å². The number of likely N-dealkylation sites (tertiary alicyclic amines) is 1. The third-order valence-electron chi connectivity index (χ3n) is 3.69. The Kier molecular flexibility index (Phi) is 9.76. The molecule has 5 heteroatoms. The number of ether oxygens (including phenoxy) is 1. The molecule has 0 spiro atoms. The maximum Gasteiger partial charge on any atom is 0.306 e. The van der Waals surface area contributed by atoms with Crippen LogP contribution in [0, 0.1) is 0 Å². The molecule has 0 aromatic heterocycles. The highest BCUT2D eigenvalue weighted by Crippen LogP contribution is 2.21. The zero-order valence-electron chi connectivity index (χ0n) is 13.4. The lowest BCUT2D eigenvalue weighted by Crippen LogP contribution is -2.35. The van der Waals surface area contributed by atoms with E-state index in [1.54, 1.807) is 6.92 Å². The maximum atomic E-state index is 11.4. The molecule has 1 unspecified atom stereocenters. The highest BCUT2D eigenvalue weighted by molar-refractivity contribution is 7.99. The van der Waals surface area contributed by atoms with Crippen LogP contribution in [0.2, 0.25) is 0 Å². The number of esters is 1. The first-order valence-corrected chi connectivity index (χ1v) is 9.15. The number of nitrogens with zero attached hydrogens (tertiary/aromatic N) is 1. The molecule has 0 saturated carbocycles. The number of hydrogen-bond acceptors (Lipinski definition) is 5. The summed E-state index contributed by atoms with van der Waals surface area (Å²) in [5.74, 6) is 0.924. The summed E-state index contributed by atoms with van der Waals surface area (Å²) in [6.45, 7) is 7.33. The van der Waals surface area contributed by atoms with Gasteiger partial charge in [-0.05, 0) is 46.2 Å². The summed E-state index contributed by atoms with van der Waals surface area (Å²) in [4.78, 5) is 25.1. The molecule has 0 amide bonds. The van der Waals surface area contributed by atoms with Gasteiger partial charge in [0.25, 0.3) is 0 Å². The van der Waals surface area contributed by atoms with Gasteiger partial charge in [0.2, 0.25) is 0 Å². The molecule has 21 heavy (non-hydrogen) atoms. The second-order valence-corrected chi connectivity index (χ2v) is 7.06. The summed E-state index contributed by atoms with van der Waals surface area (Å²) < 4.78 is 4.96. The fourth-order valence-electron chi connectivity index (χ4n) is 2.56. The first-order chi connectivity index (χ1) is 10.1. The summed E-state index contributed by atoms with van der Waals surface area (Å²) in [7, 11) is 0. The molecule has 1 atom stereocenters. The monoisotopic (exact) mass is 315 g/mol. The predicted molar refractivity (Wildman–Crippen MR) is 87.7 cm³/mol. The summed E-state index contributed by atoms with van der Waals surface area (Å²) in [5, 5.41) is 0.446. The minimum atomic E-state index is -0.117. The van der Waals surface area contributed by atoms with Crippen molar-refractivity contribution in [1.82, 2.24) is 4.90 Å². The lowest BCUT2D eigenvalue weighted by atomic mass is 10.1. The Hall–Kier alpha value is -0.550. The molecular weight excluding hydrogens is 286 g/mol. The van der Waals surface area contributed by atoms with Gasteiger partial charge in [-0.25, -0.2) is 0 Å². The highest BCUT2D eigenvalue weighted by Gasteiger charge is 2.18. The van der Waals surface area contributed by atoms with E-state index in [0.29, 0.717) is 24.7 Å². The van der Waals surface area contributed by atoms with Gasteiger partial charge >= 0.3 is 5.97 Å². The molecule has 0 radical (unpaired) electrons. The number of carbonyl (C=O) groups excluding carboxylic acids is 2. The molecule has 0 aromatic rings. The van der Waals surface area contributed by atoms with Crippen molar-refractivity contribution in [3.63, 3.8) is 0 Å². The summed E-state index contributed by atoms with van der Waals surface area (Å²) in [6, 6.07) is 0. The normalized spacial score (nSPS) is 17.4. The van der Waals surface area contributed by atoms with Gasteiger partial charge in [-0.3, -0.25) is 4.79 Å². The number of piperidine rings is 1. The van der Waals surface area contributed by atoms with Crippen LogP contribution in [0.15, 0.2) is 0 Å². The predicted octanol–water partition coefficient (Wildman–Crippen LogP) is 2.90. The lowest BCUT2D eigenvalue weighted by Gasteiger charge is -2.30. The molecule has 0 N–H and O–H groups in total. The fraction of sp³-hybridized carbons (Fsp3) is 0.875. The molecule has 1 heterocycles. The Balaban J connectivity index is 2.32. The van der Waals surface area contributed by atoms with E-state index in [4.69, 9.17) is 4.74 Å². The molecule has 4 nitrogen and oxygen atoms in total. The minimum Gasteiger partial charge on any atom is -0.466 e. The molecule has 0 bridgehead atoms. The maximum absolute atomic E-state index is 11.4. The van der Waals surface area contributed by atoms with E-state index in [1.807, 2.05) is 18.7 Å². The van der Waals surface area contributed by atoms with E-state index in [9.17, 15) is 9.59 Å². The molecule has 122 valence electrons. The average molecular weight is 315 g/mol. The van der Waals surface area contributed by atoms with Crippen LogP contribution in [-0.2, 0) is 14.3 Å². The van der Waals surface area contributed by atoms with Crippen LogP contribution in [-0.4, -0.2) is 53.9 Å². The van der Waals surface area contributed by atoms with E-state index in [0.717, 1.165) is 18.7 Å². The standard InChI is InChI=1S/C16H29NO3S/c1-3-20-16(19)9-12-21-15(8-7-14(2)18)13-17-10-5-4-6-11-17/h15H,3-13H2,1-2H3. The third-order valence-corrected chi connectivity index (χ3v) is 4.99. The van der Waals surface area contributed by atoms with Crippen LogP contribution >= 0.6 is 11.8 Å². The van der Waals surface area contributed by atoms with Crippen LogP contribution < -0.4 is 0 Å². The number of Topliss-reactive ketones (excluding diaryl/α,β-unsaturated/α-hetero) is 1. The Bertz CT molecular complexity index is 317. The highest BCUT2D eigenvalue weighted by atomic mass is 32.2. The van der Waals surface area contributed by atoms with Crippen LogP contribution in [0.1, 0.15) is 52.4 Å². The van der Waals surface area contributed by atoms with E-state index in [1.165, 1.54) is 32.4 Å².